The van der Waals surface area contributed by atoms with E-state index in [2.05, 4.69) is 31.3 Å². The molecule has 3 heteroatoms. The summed E-state index contributed by atoms with van der Waals surface area (Å²) in [6.07, 6.45) is 14.6. The molecule has 0 aromatic carbocycles. The number of hydrogen-bond donors (Lipinski definition) is 1. The molecule has 1 aliphatic heterocycles. The minimum absolute atomic E-state index is 0.000808. The van der Waals surface area contributed by atoms with Gasteiger partial charge in [-0.05, 0) is 43.9 Å². The lowest BCUT2D eigenvalue weighted by Gasteiger charge is -2.21. The van der Waals surface area contributed by atoms with Gasteiger partial charge in [0.1, 0.15) is 5.37 Å². The van der Waals surface area contributed by atoms with Crippen LogP contribution in [0.25, 0.3) is 0 Å². The van der Waals surface area contributed by atoms with Crippen molar-refractivity contribution >= 4 is 11.8 Å². The van der Waals surface area contributed by atoms with Crippen molar-refractivity contribution in [3.63, 3.8) is 0 Å². The van der Waals surface area contributed by atoms with Crippen LogP contribution in [0.1, 0.15) is 71.6 Å². The van der Waals surface area contributed by atoms with Gasteiger partial charge in [-0.3, -0.25) is 5.32 Å². The molecule has 0 aromatic heterocycles. The minimum Gasteiger partial charge on any atom is -0.286 e. The average Bonchev–Trinajstić information content (AvgIpc) is 3.20. The third kappa shape index (κ3) is 4.54. The van der Waals surface area contributed by atoms with E-state index in [-0.39, 0.29) is 5.37 Å². The largest absolute Gasteiger partial charge is 0.286 e. The van der Waals surface area contributed by atoms with Gasteiger partial charge in [-0.15, -0.1) is 11.8 Å². The number of hydrogen-bond acceptors (Lipinski definition) is 3. The van der Waals surface area contributed by atoms with Crippen molar-refractivity contribution in [2.45, 2.75) is 88.3 Å². The second-order valence-electron chi connectivity index (χ2n) is 8.03. The van der Waals surface area contributed by atoms with E-state index in [1.165, 1.54) is 57.8 Å². The molecule has 3 aliphatic rings. The van der Waals surface area contributed by atoms with Gasteiger partial charge >= 0.3 is 0 Å². The highest BCUT2D eigenvalue weighted by molar-refractivity contribution is 8.00. The van der Waals surface area contributed by atoms with Crippen LogP contribution in [-0.2, 0) is 0 Å². The zero-order chi connectivity index (χ0) is 16.2. The number of nitrogens with zero attached hydrogens (tertiary/aromatic N) is 1. The number of nitrogens with one attached hydrogen (secondary N) is 1. The summed E-state index contributed by atoms with van der Waals surface area (Å²) in [5.41, 5.74) is 1.62. The van der Waals surface area contributed by atoms with Gasteiger partial charge in [-0.1, -0.05) is 51.2 Å². The molecular weight excluding hydrogens is 300 g/mol. The molecule has 2 nitrogen and oxygen atoms in total. The first-order valence-electron chi connectivity index (χ1n) is 9.70. The second kappa shape index (κ2) is 8.08. The lowest BCUT2D eigenvalue weighted by Crippen LogP contribution is -2.27. The van der Waals surface area contributed by atoms with E-state index in [0.717, 1.165) is 17.8 Å². The predicted octanol–water partition coefficient (Wildman–Crippen LogP) is 5.26. The van der Waals surface area contributed by atoms with E-state index in [0.29, 0.717) is 11.3 Å². The Balaban J connectivity index is 1.65. The molecule has 2 aliphatic carbocycles. The zero-order valence-corrected chi connectivity index (χ0v) is 15.6. The van der Waals surface area contributed by atoms with Gasteiger partial charge in [-0.25, -0.2) is 0 Å². The average molecular weight is 333 g/mol. The summed E-state index contributed by atoms with van der Waals surface area (Å²) in [7, 11) is 0. The Morgan fingerprint density at radius 3 is 2.74 bits per heavy atom. The van der Waals surface area contributed by atoms with Crippen LogP contribution in [0.15, 0.2) is 11.6 Å². The van der Waals surface area contributed by atoms with Crippen LogP contribution in [0.4, 0.5) is 0 Å². The van der Waals surface area contributed by atoms with E-state index in [9.17, 15) is 5.26 Å². The molecule has 3 rings (SSSR count). The predicted molar refractivity (Wildman–Crippen MR) is 99.2 cm³/mol. The van der Waals surface area contributed by atoms with Crippen molar-refractivity contribution in [2.24, 2.45) is 17.8 Å². The van der Waals surface area contributed by atoms with Crippen LogP contribution in [0.5, 0.6) is 0 Å². The standard InChI is InChI=1S/C20H32N2S/c1-14(2)15-8-4-3-5-10-16-12-18-17(11-7-6-9-15)20(18)22-19(13-21)23-16/h11,14-16,18-20,22H,3-10,12H2,1-2H3/b17-11+. The van der Waals surface area contributed by atoms with Crippen LogP contribution in [-0.4, -0.2) is 16.7 Å². The lowest BCUT2D eigenvalue weighted by atomic mass is 9.86. The van der Waals surface area contributed by atoms with Crippen LogP contribution in [0.2, 0.25) is 0 Å². The second-order valence-corrected chi connectivity index (χ2v) is 9.44. The first-order valence-corrected chi connectivity index (χ1v) is 10.6. The SMILES string of the molecule is CC(C)C1CCC/C=C2\C3CC(CCCCC1)SC(C#N)NC23. The van der Waals surface area contributed by atoms with Gasteiger partial charge in [0.2, 0.25) is 0 Å². The summed E-state index contributed by atoms with van der Waals surface area (Å²) in [5.74, 6) is 2.48. The maximum Gasteiger partial charge on any atom is 0.143 e. The zero-order valence-electron chi connectivity index (χ0n) is 14.8. The van der Waals surface area contributed by atoms with Crippen molar-refractivity contribution in [3.05, 3.63) is 11.6 Å². The molecule has 2 bridgehead atoms. The first kappa shape index (κ1) is 17.4. The maximum absolute atomic E-state index is 9.38. The lowest BCUT2D eigenvalue weighted by molar-refractivity contribution is 0.318. The van der Waals surface area contributed by atoms with E-state index >= 15 is 0 Å². The van der Waals surface area contributed by atoms with E-state index < -0.39 is 0 Å². The van der Waals surface area contributed by atoms with Crippen LogP contribution in [0.3, 0.4) is 0 Å². The molecule has 0 aromatic rings. The van der Waals surface area contributed by atoms with Gasteiger partial charge in [0.15, 0.2) is 0 Å². The molecule has 128 valence electrons. The third-order valence-electron chi connectivity index (χ3n) is 6.08. The highest BCUT2D eigenvalue weighted by Crippen LogP contribution is 2.48. The first-order chi connectivity index (χ1) is 11.2. The highest BCUT2D eigenvalue weighted by atomic mass is 32.2. The monoisotopic (exact) mass is 332 g/mol. The summed E-state index contributed by atoms with van der Waals surface area (Å²) in [6, 6.07) is 2.98. The molecule has 1 saturated carbocycles. The van der Waals surface area contributed by atoms with Gasteiger partial charge < -0.3 is 0 Å². The Morgan fingerprint density at radius 1 is 1.17 bits per heavy atom. The smallest absolute Gasteiger partial charge is 0.143 e. The summed E-state index contributed by atoms with van der Waals surface area (Å²) < 4.78 is 0. The summed E-state index contributed by atoms with van der Waals surface area (Å²) in [5, 5.41) is 13.6. The highest BCUT2D eigenvalue weighted by Gasteiger charge is 2.48. The maximum atomic E-state index is 9.38. The molecule has 1 heterocycles. The van der Waals surface area contributed by atoms with E-state index in [1.54, 1.807) is 5.57 Å². The van der Waals surface area contributed by atoms with Gasteiger partial charge in [-0.2, -0.15) is 5.26 Å². The quantitative estimate of drug-likeness (QED) is 0.665. The van der Waals surface area contributed by atoms with E-state index in [4.69, 9.17) is 0 Å². The molecule has 1 saturated heterocycles. The molecule has 5 atom stereocenters. The van der Waals surface area contributed by atoms with Crippen molar-refractivity contribution in [1.29, 1.82) is 5.26 Å². The molecule has 0 spiro atoms. The number of nitriles is 1. The Kier molecular flexibility index (Phi) is 6.10. The minimum atomic E-state index is -0.000808. The number of fused-ring (bicyclic) bond motifs is 2. The Morgan fingerprint density at radius 2 is 1.96 bits per heavy atom. The van der Waals surface area contributed by atoms with Gasteiger partial charge in [0.05, 0.1) is 6.07 Å². The number of allylic oxidation sites excluding steroid dienone is 1. The van der Waals surface area contributed by atoms with Crippen LogP contribution < -0.4 is 5.32 Å². The fourth-order valence-corrected chi connectivity index (χ4v) is 5.80. The molecular formula is C20H32N2S. The Bertz CT molecular complexity index is 465. The normalized spacial score (nSPS) is 41.1. The molecule has 5 unspecified atom stereocenters. The molecule has 2 fully saturated rings. The summed E-state index contributed by atoms with van der Waals surface area (Å²) >= 11 is 1.89. The number of rotatable bonds is 1. The van der Waals surface area contributed by atoms with Gasteiger partial charge in [0, 0.05) is 17.2 Å². The van der Waals surface area contributed by atoms with Crippen molar-refractivity contribution in [1.82, 2.24) is 5.32 Å². The number of thioether (sulfide) groups is 1. The summed E-state index contributed by atoms with van der Waals surface area (Å²) in [6.45, 7) is 4.80. The molecule has 0 amide bonds. The molecule has 23 heavy (non-hydrogen) atoms. The third-order valence-corrected chi connectivity index (χ3v) is 7.40. The molecule has 1 N–H and O–H groups in total. The fraction of sp³-hybridized carbons (Fsp3) is 0.850. The van der Waals surface area contributed by atoms with Crippen molar-refractivity contribution in [2.75, 3.05) is 0 Å². The topological polar surface area (TPSA) is 35.8 Å². The van der Waals surface area contributed by atoms with Crippen molar-refractivity contribution < 1.29 is 0 Å². The van der Waals surface area contributed by atoms with Crippen molar-refractivity contribution in [3.8, 4) is 6.07 Å². The Labute approximate surface area is 146 Å². The van der Waals surface area contributed by atoms with E-state index in [1.807, 2.05) is 11.8 Å². The summed E-state index contributed by atoms with van der Waals surface area (Å²) in [4.78, 5) is 0. The fourth-order valence-electron chi connectivity index (χ4n) is 4.50. The Hall–Kier alpha value is -0.460. The van der Waals surface area contributed by atoms with Crippen LogP contribution >= 0.6 is 11.8 Å². The van der Waals surface area contributed by atoms with Gasteiger partial charge in [0.25, 0.3) is 0 Å². The van der Waals surface area contributed by atoms with Crippen LogP contribution in [0, 0.1) is 29.1 Å². The molecule has 0 radical (unpaired) electrons.